The third-order valence-corrected chi connectivity index (χ3v) is 4.56. The molecule has 0 amide bonds. The van der Waals surface area contributed by atoms with Crippen LogP contribution >= 0.6 is 0 Å². The molecule has 10 heteroatoms. The van der Waals surface area contributed by atoms with Crippen molar-refractivity contribution >= 4 is 17.1 Å². The second-order valence-electron chi connectivity index (χ2n) is 6.31. The number of aliphatic hydroxyl groups excluding tert-OH is 3. The minimum absolute atomic E-state index is 0.0240. The highest BCUT2D eigenvalue weighted by Gasteiger charge is 2.36. The molecule has 2 aromatic rings. The molecule has 0 unspecified atom stereocenters. The largest absolute Gasteiger partial charge is 0.394 e. The number of nitrogens with one attached hydrogen (secondary N) is 1. The lowest BCUT2D eigenvalue weighted by Crippen LogP contribution is -2.38. The Morgan fingerprint density at radius 1 is 1.42 bits per heavy atom. The Labute approximate surface area is 136 Å². The van der Waals surface area contributed by atoms with Crippen LogP contribution in [0.25, 0.3) is 11.2 Å². The summed E-state index contributed by atoms with van der Waals surface area (Å²) in [4.78, 5) is 21.2. The van der Waals surface area contributed by atoms with Crippen LogP contribution in [0.2, 0.25) is 0 Å². The van der Waals surface area contributed by atoms with E-state index >= 15 is 0 Å². The lowest BCUT2D eigenvalue weighted by Gasteiger charge is -2.28. The summed E-state index contributed by atoms with van der Waals surface area (Å²) in [5, 5.41) is 32.3. The lowest BCUT2D eigenvalue weighted by molar-refractivity contribution is -0.0432. The maximum Gasteiger partial charge on any atom is 0.285 e. The third kappa shape index (κ3) is 2.22. The lowest BCUT2D eigenvalue weighted by atomic mass is 10.2. The Morgan fingerprint density at radius 2 is 2.21 bits per heavy atom. The normalized spacial score (nSPS) is 32.8. The van der Waals surface area contributed by atoms with E-state index in [0.717, 1.165) is 0 Å². The standard InChI is InChI=1S/C14H19N5O5/c1-6-2-9(22)19-13(23)11-12(17-14(19)16-6)18(5-15-11)10-3-7(21)8(4-20)24-10/h5-10,20-22H,2-4H2,1H3,(H,16,17)/t6-,7-,8+,9-,10-/m0/s1. The second kappa shape index (κ2) is 5.52. The quantitative estimate of drug-likeness (QED) is 0.544. The molecule has 0 aliphatic carbocycles. The number of imidazole rings is 1. The Balaban J connectivity index is 1.82. The zero-order valence-electron chi connectivity index (χ0n) is 13.0. The molecule has 0 radical (unpaired) electrons. The highest BCUT2D eigenvalue weighted by molar-refractivity contribution is 5.71. The maximum atomic E-state index is 12.6. The number of aromatic nitrogens is 4. The van der Waals surface area contributed by atoms with Gasteiger partial charge in [0.25, 0.3) is 5.56 Å². The van der Waals surface area contributed by atoms with Crippen LogP contribution in [0.1, 0.15) is 32.2 Å². The Bertz CT molecular complexity index is 833. The first-order valence-corrected chi connectivity index (χ1v) is 7.87. The van der Waals surface area contributed by atoms with Gasteiger partial charge in [0.1, 0.15) is 18.6 Å². The van der Waals surface area contributed by atoms with Crippen molar-refractivity contribution in [2.24, 2.45) is 0 Å². The molecule has 5 atom stereocenters. The number of fused-ring (bicyclic) bond motifs is 2. The molecule has 130 valence electrons. The van der Waals surface area contributed by atoms with E-state index in [1.807, 2.05) is 6.92 Å². The van der Waals surface area contributed by atoms with Crippen LogP contribution in [0.4, 0.5) is 5.95 Å². The smallest absolute Gasteiger partial charge is 0.285 e. The molecule has 0 bridgehead atoms. The minimum Gasteiger partial charge on any atom is -0.394 e. The van der Waals surface area contributed by atoms with E-state index in [9.17, 15) is 20.1 Å². The van der Waals surface area contributed by atoms with Gasteiger partial charge in [-0.1, -0.05) is 0 Å². The maximum absolute atomic E-state index is 12.6. The zero-order valence-corrected chi connectivity index (χ0v) is 13.0. The molecular formula is C14H19N5O5. The molecule has 1 saturated heterocycles. The molecule has 1 fully saturated rings. The van der Waals surface area contributed by atoms with Crippen LogP contribution < -0.4 is 10.9 Å². The number of hydrogen-bond acceptors (Lipinski definition) is 8. The van der Waals surface area contributed by atoms with E-state index in [-0.39, 0.29) is 30.5 Å². The fraction of sp³-hybridized carbons (Fsp3) is 0.643. The van der Waals surface area contributed by atoms with Crippen molar-refractivity contribution in [2.45, 2.75) is 50.5 Å². The molecule has 2 aliphatic rings. The van der Waals surface area contributed by atoms with Gasteiger partial charge in [0.05, 0.1) is 19.0 Å². The number of hydrogen-bond donors (Lipinski definition) is 4. The summed E-state index contributed by atoms with van der Waals surface area (Å²) in [5.41, 5.74) is 0.00781. The first-order chi connectivity index (χ1) is 11.5. The van der Waals surface area contributed by atoms with E-state index in [2.05, 4.69) is 15.3 Å². The van der Waals surface area contributed by atoms with Gasteiger partial charge in [-0.15, -0.1) is 0 Å². The topological polar surface area (TPSA) is 135 Å². The molecule has 4 rings (SSSR count). The number of aliphatic hydroxyl groups is 3. The van der Waals surface area contributed by atoms with Crippen molar-refractivity contribution in [3.63, 3.8) is 0 Å². The number of nitrogens with zero attached hydrogens (tertiary/aromatic N) is 4. The first-order valence-electron chi connectivity index (χ1n) is 7.87. The summed E-state index contributed by atoms with van der Waals surface area (Å²) in [6, 6.07) is -0.0240. The van der Waals surface area contributed by atoms with Gasteiger partial charge < -0.3 is 25.4 Å². The van der Waals surface area contributed by atoms with Crippen molar-refractivity contribution in [3.8, 4) is 0 Å². The highest BCUT2D eigenvalue weighted by atomic mass is 16.5. The summed E-state index contributed by atoms with van der Waals surface area (Å²) in [6.07, 6.45) is -0.891. The minimum atomic E-state index is -0.950. The van der Waals surface area contributed by atoms with E-state index in [0.29, 0.717) is 12.1 Å². The van der Waals surface area contributed by atoms with E-state index in [1.165, 1.54) is 10.9 Å². The van der Waals surface area contributed by atoms with Crippen molar-refractivity contribution in [3.05, 3.63) is 16.7 Å². The molecule has 24 heavy (non-hydrogen) atoms. The van der Waals surface area contributed by atoms with Crippen LogP contribution in [-0.4, -0.2) is 59.3 Å². The Kier molecular flexibility index (Phi) is 3.57. The van der Waals surface area contributed by atoms with E-state index < -0.39 is 30.2 Å². The van der Waals surface area contributed by atoms with E-state index in [1.54, 1.807) is 4.57 Å². The van der Waals surface area contributed by atoms with Crippen molar-refractivity contribution < 1.29 is 20.1 Å². The Hall–Kier alpha value is -2.01. The number of ether oxygens (including phenoxy) is 1. The predicted octanol–water partition coefficient (Wildman–Crippen LogP) is -1.07. The van der Waals surface area contributed by atoms with Crippen LogP contribution in [0, 0.1) is 0 Å². The van der Waals surface area contributed by atoms with Crippen molar-refractivity contribution in [2.75, 3.05) is 11.9 Å². The molecule has 0 spiro atoms. The fourth-order valence-corrected chi connectivity index (χ4v) is 3.32. The molecule has 4 heterocycles. The fourth-order valence-electron chi connectivity index (χ4n) is 3.32. The van der Waals surface area contributed by atoms with Crippen LogP contribution in [-0.2, 0) is 4.74 Å². The van der Waals surface area contributed by atoms with Gasteiger partial charge in [0, 0.05) is 18.9 Å². The van der Waals surface area contributed by atoms with Crippen molar-refractivity contribution in [1.29, 1.82) is 0 Å². The number of rotatable bonds is 2. The molecule has 2 aliphatic heterocycles. The van der Waals surface area contributed by atoms with Gasteiger partial charge in [-0.25, -0.2) is 9.55 Å². The van der Waals surface area contributed by atoms with Gasteiger partial charge in [-0.05, 0) is 6.92 Å². The molecule has 10 nitrogen and oxygen atoms in total. The van der Waals surface area contributed by atoms with Crippen LogP contribution in [0.5, 0.6) is 0 Å². The first kappa shape index (κ1) is 15.5. The Morgan fingerprint density at radius 3 is 2.92 bits per heavy atom. The van der Waals surface area contributed by atoms with Gasteiger partial charge in [-0.2, -0.15) is 4.98 Å². The average Bonchev–Trinajstić information content (AvgIpc) is 3.09. The summed E-state index contributed by atoms with van der Waals surface area (Å²) in [5.74, 6) is 0.276. The second-order valence-corrected chi connectivity index (χ2v) is 6.31. The average molecular weight is 337 g/mol. The SMILES string of the molecule is C[C@H]1C[C@H](O)n2c(nc3c(ncn3[C@@H]3C[C@H](O)[C@@H](CO)O3)c2=O)N1. The molecule has 2 aromatic heterocycles. The van der Waals surface area contributed by atoms with Crippen molar-refractivity contribution in [1.82, 2.24) is 19.1 Å². The third-order valence-electron chi connectivity index (χ3n) is 4.56. The van der Waals surface area contributed by atoms with Crippen LogP contribution in [0.15, 0.2) is 11.1 Å². The monoisotopic (exact) mass is 337 g/mol. The molecule has 0 saturated carbocycles. The molecular weight excluding hydrogens is 318 g/mol. The summed E-state index contributed by atoms with van der Waals surface area (Å²) >= 11 is 0. The van der Waals surface area contributed by atoms with Gasteiger partial charge in [-0.3, -0.25) is 9.36 Å². The van der Waals surface area contributed by atoms with Crippen LogP contribution in [0.3, 0.4) is 0 Å². The van der Waals surface area contributed by atoms with E-state index in [4.69, 9.17) is 4.74 Å². The number of anilines is 1. The summed E-state index contributed by atoms with van der Waals surface area (Å²) in [7, 11) is 0. The van der Waals surface area contributed by atoms with Gasteiger partial charge in [0.2, 0.25) is 5.95 Å². The predicted molar refractivity (Wildman–Crippen MR) is 82.4 cm³/mol. The van der Waals surface area contributed by atoms with Gasteiger partial charge in [0.15, 0.2) is 11.2 Å². The van der Waals surface area contributed by atoms with Gasteiger partial charge >= 0.3 is 0 Å². The summed E-state index contributed by atoms with van der Waals surface area (Å²) in [6.45, 7) is 1.60. The highest BCUT2D eigenvalue weighted by Crippen LogP contribution is 2.31. The molecule has 0 aromatic carbocycles. The summed E-state index contributed by atoms with van der Waals surface area (Å²) < 4.78 is 8.37. The molecule has 4 N–H and O–H groups in total. The zero-order chi connectivity index (χ0) is 17.0.